The zero-order valence-corrected chi connectivity index (χ0v) is 15.4. The molecule has 0 radical (unpaired) electrons. The van der Waals surface area contributed by atoms with Crippen molar-refractivity contribution in [2.75, 3.05) is 30.0 Å². The number of nitrogens with one attached hydrogen (secondary N) is 1. The summed E-state index contributed by atoms with van der Waals surface area (Å²) in [7, 11) is -3.13. The van der Waals surface area contributed by atoms with Gasteiger partial charge in [-0.05, 0) is 12.5 Å². The minimum absolute atomic E-state index is 0.00464. The van der Waals surface area contributed by atoms with Crippen LogP contribution in [-0.2, 0) is 14.6 Å². The third-order valence-corrected chi connectivity index (χ3v) is 5.19. The van der Waals surface area contributed by atoms with Crippen molar-refractivity contribution in [2.24, 2.45) is 0 Å². The minimum atomic E-state index is -3.13. The Bertz CT molecular complexity index is 871. The van der Waals surface area contributed by atoms with Gasteiger partial charge < -0.3 is 10.2 Å². The van der Waals surface area contributed by atoms with E-state index >= 15 is 0 Å². The Morgan fingerprint density at radius 1 is 1.27 bits per heavy atom. The molecule has 1 fully saturated rings. The van der Waals surface area contributed by atoms with Gasteiger partial charge in [0.2, 0.25) is 11.9 Å². The van der Waals surface area contributed by atoms with E-state index < -0.39 is 9.84 Å². The lowest BCUT2D eigenvalue weighted by Gasteiger charge is -2.17. The van der Waals surface area contributed by atoms with Crippen molar-refractivity contribution in [3.8, 4) is 11.3 Å². The number of rotatable bonds is 6. The zero-order chi connectivity index (χ0) is 18.6. The SMILES string of the molecule is CS(=O)(=O)CCC(=O)NC1CCN(c2nccc(-c3ccccc3)n2)C1. The van der Waals surface area contributed by atoms with Crippen molar-refractivity contribution in [3.63, 3.8) is 0 Å². The van der Waals surface area contributed by atoms with Crippen LogP contribution in [0.1, 0.15) is 12.8 Å². The van der Waals surface area contributed by atoms with Crippen molar-refractivity contribution in [1.82, 2.24) is 15.3 Å². The van der Waals surface area contributed by atoms with Crippen LogP contribution < -0.4 is 10.2 Å². The number of sulfone groups is 1. The Morgan fingerprint density at radius 2 is 2.04 bits per heavy atom. The maximum Gasteiger partial charge on any atom is 0.225 e. The lowest BCUT2D eigenvalue weighted by atomic mass is 10.1. The van der Waals surface area contributed by atoms with Crippen molar-refractivity contribution in [1.29, 1.82) is 0 Å². The van der Waals surface area contributed by atoms with Gasteiger partial charge in [0.05, 0.1) is 11.4 Å². The molecule has 0 saturated carbocycles. The van der Waals surface area contributed by atoms with Crippen molar-refractivity contribution < 1.29 is 13.2 Å². The molecule has 1 amide bonds. The van der Waals surface area contributed by atoms with Gasteiger partial charge in [-0.25, -0.2) is 18.4 Å². The van der Waals surface area contributed by atoms with Crippen molar-refractivity contribution in [2.45, 2.75) is 18.9 Å². The standard InChI is InChI=1S/C18H22N4O3S/c1-26(24,25)12-9-17(23)20-15-8-11-22(13-15)18-19-10-7-16(21-18)14-5-3-2-4-6-14/h2-7,10,15H,8-9,11-13H2,1H3,(H,20,23). The van der Waals surface area contributed by atoms with Gasteiger partial charge in [-0.2, -0.15) is 0 Å². The third-order valence-electron chi connectivity index (χ3n) is 4.25. The predicted octanol–water partition coefficient (Wildman–Crippen LogP) is 1.27. The molecule has 1 aliphatic heterocycles. The summed E-state index contributed by atoms with van der Waals surface area (Å²) in [4.78, 5) is 22.9. The molecular weight excluding hydrogens is 352 g/mol. The average molecular weight is 374 g/mol. The molecule has 1 unspecified atom stereocenters. The monoisotopic (exact) mass is 374 g/mol. The van der Waals surface area contributed by atoms with Gasteiger partial charge in [-0.3, -0.25) is 4.79 Å². The largest absolute Gasteiger partial charge is 0.351 e. The van der Waals surface area contributed by atoms with E-state index in [2.05, 4.69) is 15.3 Å². The van der Waals surface area contributed by atoms with E-state index in [-0.39, 0.29) is 24.1 Å². The van der Waals surface area contributed by atoms with Crippen LogP contribution in [0.25, 0.3) is 11.3 Å². The zero-order valence-electron chi connectivity index (χ0n) is 14.6. The Kier molecular flexibility index (Phi) is 5.51. The number of nitrogens with zero attached hydrogens (tertiary/aromatic N) is 3. The lowest BCUT2D eigenvalue weighted by Crippen LogP contribution is -2.38. The summed E-state index contributed by atoms with van der Waals surface area (Å²) in [5.41, 5.74) is 1.89. The number of hydrogen-bond donors (Lipinski definition) is 1. The van der Waals surface area contributed by atoms with Gasteiger partial charge in [-0.1, -0.05) is 30.3 Å². The summed E-state index contributed by atoms with van der Waals surface area (Å²) >= 11 is 0. The van der Waals surface area contributed by atoms with E-state index in [1.54, 1.807) is 6.20 Å². The molecule has 8 heteroatoms. The summed E-state index contributed by atoms with van der Waals surface area (Å²) in [6, 6.07) is 11.7. The van der Waals surface area contributed by atoms with E-state index in [1.807, 2.05) is 41.3 Å². The molecule has 1 atom stereocenters. The molecular formula is C18H22N4O3S. The smallest absolute Gasteiger partial charge is 0.225 e. The Labute approximate surface area is 153 Å². The molecule has 138 valence electrons. The van der Waals surface area contributed by atoms with Gasteiger partial charge in [0.25, 0.3) is 0 Å². The van der Waals surface area contributed by atoms with Crippen molar-refractivity contribution in [3.05, 3.63) is 42.6 Å². The fraction of sp³-hybridized carbons (Fsp3) is 0.389. The molecule has 1 aromatic carbocycles. The van der Waals surface area contributed by atoms with Crippen LogP contribution in [0.4, 0.5) is 5.95 Å². The summed E-state index contributed by atoms with van der Waals surface area (Å²) in [6.07, 6.45) is 3.65. The van der Waals surface area contributed by atoms with Gasteiger partial charge >= 0.3 is 0 Å². The Morgan fingerprint density at radius 3 is 2.77 bits per heavy atom. The number of aromatic nitrogens is 2. The van der Waals surface area contributed by atoms with Crippen LogP contribution in [-0.4, -0.2) is 55.4 Å². The summed E-state index contributed by atoms with van der Waals surface area (Å²) in [6.45, 7) is 1.36. The molecule has 3 rings (SSSR count). The number of amides is 1. The second-order valence-corrected chi connectivity index (χ2v) is 8.75. The highest BCUT2D eigenvalue weighted by Gasteiger charge is 2.26. The maximum absolute atomic E-state index is 11.9. The Balaban J connectivity index is 1.60. The van der Waals surface area contributed by atoms with Crippen LogP contribution in [0.5, 0.6) is 0 Å². The third kappa shape index (κ3) is 5.01. The second kappa shape index (κ2) is 7.82. The highest BCUT2D eigenvalue weighted by Crippen LogP contribution is 2.21. The molecule has 2 aromatic rings. The van der Waals surface area contributed by atoms with Gasteiger partial charge in [0.1, 0.15) is 9.84 Å². The van der Waals surface area contributed by atoms with E-state index in [0.717, 1.165) is 30.5 Å². The first kappa shape index (κ1) is 18.3. The summed E-state index contributed by atoms with van der Waals surface area (Å²) in [5.74, 6) is 0.276. The first-order chi connectivity index (χ1) is 12.4. The van der Waals surface area contributed by atoms with Gasteiger partial charge in [0.15, 0.2) is 0 Å². The molecule has 2 heterocycles. The predicted molar refractivity (Wildman–Crippen MR) is 101 cm³/mol. The van der Waals surface area contributed by atoms with E-state index in [4.69, 9.17) is 0 Å². The van der Waals surface area contributed by atoms with Gasteiger partial charge in [0, 0.05) is 43.6 Å². The van der Waals surface area contributed by atoms with Crippen LogP contribution in [0.3, 0.4) is 0 Å². The average Bonchev–Trinajstić information content (AvgIpc) is 3.09. The van der Waals surface area contributed by atoms with E-state index in [0.29, 0.717) is 12.5 Å². The van der Waals surface area contributed by atoms with Crippen LogP contribution in [0.15, 0.2) is 42.6 Å². The fourth-order valence-corrected chi connectivity index (χ4v) is 3.46. The normalized spacial score (nSPS) is 17.3. The molecule has 0 spiro atoms. The lowest BCUT2D eigenvalue weighted by molar-refractivity contribution is -0.121. The van der Waals surface area contributed by atoms with Gasteiger partial charge in [-0.15, -0.1) is 0 Å². The maximum atomic E-state index is 11.9. The molecule has 1 N–H and O–H groups in total. The number of carbonyl (C=O) groups is 1. The molecule has 0 bridgehead atoms. The molecule has 26 heavy (non-hydrogen) atoms. The van der Waals surface area contributed by atoms with Crippen LogP contribution in [0.2, 0.25) is 0 Å². The van der Waals surface area contributed by atoms with Crippen molar-refractivity contribution >= 4 is 21.7 Å². The Hall–Kier alpha value is -2.48. The van der Waals surface area contributed by atoms with E-state index in [9.17, 15) is 13.2 Å². The molecule has 0 aliphatic carbocycles. The number of carbonyl (C=O) groups excluding carboxylic acids is 1. The van der Waals surface area contributed by atoms with E-state index in [1.165, 1.54) is 0 Å². The topological polar surface area (TPSA) is 92.3 Å². The summed E-state index contributed by atoms with van der Waals surface area (Å²) in [5, 5.41) is 2.90. The molecule has 1 aliphatic rings. The number of anilines is 1. The van der Waals surface area contributed by atoms with Crippen LogP contribution in [0, 0.1) is 0 Å². The second-order valence-electron chi connectivity index (χ2n) is 6.49. The summed E-state index contributed by atoms with van der Waals surface area (Å²) < 4.78 is 22.3. The minimum Gasteiger partial charge on any atom is -0.351 e. The quantitative estimate of drug-likeness (QED) is 0.819. The molecule has 1 aromatic heterocycles. The number of hydrogen-bond acceptors (Lipinski definition) is 6. The fourth-order valence-electron chi connectivity index (χ4n) is 2.91. The first-order valence-electron chi connectivity index (χ1n) is 8.51. The highest BCUT2D eigenvalue weighted by molar-refractivity contribution is 7.90. The highest BCUT2D eigenvalue weighted by atomic mass is 32.2. The number of benzene rings is 1. The first-order valence-corrected chi connectivity index (χ1v) is 10.6. The molecule has 7 nitrogen and oxygen atoms in total. The molecule has 1 saturated heterocycles. The van der Waals surface area contributed by atoms with Crippen LogP contribution >= 0.6 is 0 Å².